The molecule has 0 N–H and O–H groups in total. The molecule has 0 spiro atoms. The zero-order valence-electron chi connectivity index (χ0n) is 4.22. The van der Waals surface area contributed by atoms with Crippen LogP contribution in [0.3, 0.4) is 0 Å². The first-order chi connectivity index (χ1) is 3.29. The maximum Gasteiger partial charge on any atom is 0.159 e. The molecule has 0 amide bonds. The van der Waals surface area contributed by atoms with Gasteiger partial charge in [-0.15, -0.1) is 11.8 Å². The largest absolute Gasteiger partial charge is 0.293 e. The summed E-state index contributed by atoms with van der Waals surface area (Å²) in [4.78, 5) is 1.97. The van der Waals surface area contributed by atoms with Gasteiger partial charge in [0.15, 0.2) is 5.50 Å². The Morgan fingerprint density at radius 3 is 2.71 bits per heavy atom. The van der Waals surface area contributed by atoms with Crippen molar-refractivity contribution >= 4 is 11.8 Å². The lowest BCUT2D eigenvalue weighted by Gasteiger charge is -2.00. The molecule has 1 atom stereocenters. The van der Waals surface area contributed by atoms with E-state index in [-0.39, 0.29) is 0 Å². The van der Waals surface area contributed by atoms with Gasteiger partial charge < -0.3 is 0 Å². The number of hydrogen-bond acceptors (Lipinski definition) is 2. The lowest BCUT2D eigenvalue weighted by atomic mass is 10.7. The first-order valence-corrected chi connectivity index (χ1v) is 3.28. The third-order valence-electron chi connectivity index (χ3n) is 0.931. The van der Waals surface area contributed by atoms with Crippen LogP contribution in [0.25, 0.3) is 0 Å². The minimum atomic E-state index is -0.634. The quantitative estimate of drug-likeness (QED) is 0.469. The molecule has 1 fully saturated rings. The highest BCUT2D eigenvalue weighted by Gasteiger charge is 2.17. The zero-order chi connectivity index (χ0) is 5.28. The number of rotatable bonds is 0. The minimum absolute atomic E-state index is 0.602. The SMILES string of the molecule is CN1CS[C@@H](F)C1. The second kappa shape index (κ2) is 2.01. The van der Waals surface area contributed by atoms with Crippen LogP contribution in [0.5, 0.6) is 0 Å². The van der Waals surface area contributed by atoms with Crippen molar-refractivity contribution in [1.82, 2.24) is 4.90 Å². The first kappa shape index (κ1) is 5.38. The summed E-state index contributed by atoms with van der Waals surface area (Å²) in [6.45, 7) is 0.602. The maximum absolute atomic E-state index is 12.1. The molecule has 0 saturated carbocycles. The van der Waals surface area contributed by atoms with Crippen molar-refractivity contribution < 1.29 is 4.39 Å². The van der Waals surface area contributed by atoms with Gasteiger partial charge in [0, 0.05) is 12.4 Å². The van der Waals surface area contributed by atoms with E-state index in [1.807, 2.05) is 11.9 Å². The van der Waals surface area contributed by atoms with E-state index in [1.54, 1.807) is 0 Å². The molecular formula is C4H8FNS. The van der Waals surface area contributed by atoms with Crippen LogP contribution in [0, 0.1) is 0 Å². The summed E-state index contributed by atoms with van der Waals surface area (Å²) in [6.07, 6.45) is 0. The molecule has 0 bridgehead atoms. The van der Waals surface area contributed by atoms with Crippen molar-refractivity contribution in [1.29, 1.82) is 0 Å². The number of hydrogen-bond donors (Lipinski definition) is 0. The molecule has 1 aliphatic heterocycles. The Balaban J connectivity index is 2.26. The van der Waals surface area contributed by atoms with Crippen LogP contribution in [-0.2, 0) is 0 Å². The number of thioether (sulfide) groups is 1. The predicted octanol–water partition coefficient (Wildman–Crippen LogP) is 0.918. The fourth-order valence-corrected chi connectivity index (χ4v) is 1.44. The van der Waals surface area contributed by atoms with Crippen molar-refractivity contribution in [2.45, 2.75) is 5.50 Å². The van der Waals surface area contributed by atoms with E-state index >= 15 is 0 Å². The fraction of sp³-hybridized carbons (Fsp3) is 1.00. The van der Waals surface area contributed by atoms with E-state index < -0.39 is 5.50 Å². The minimum Gasteiger partial charge on any atom is -0.293 e. The van der Waals surface area contributed by atoms with Gasteiger partial charge in [0.2, 0.25) is 0 Å². The molecule has 0 aromatic carbocycles. The smallest absolute Gasteiger partial charge is 0.159 e. The van der Waals surface area contributed by atoms with Crippen molar-refractivity contribution in [2.75, 3.05) is 19.5 Å². The van der Waals surface area contributed by atoms with Gasteiger partial charge in [0.05, 0.1) is 0 Å². The maximum atomic E-state index is 12.1. The molecule has 0 aromatic rings. The van der Waals surface area contributed by atoms with Crippen LogP contribution >= 0.6 is 11.8 Å². The molecule has 1 rings (SSSR count). The van der Waals surface area contributed by atoms with Gasteiger partial charge >= 0.3 is 0 Å². The van der Waals surface area contributed by atoms with Gasteiger partial charge in [0.1, 0.15) is 0 Å². The van der Waals surface area contributed by atoms with E-state index in [9.17, 15) is 4.39 Å². The van der Waals surface area contributed by atoms with Crippen molar-refractivity contribution in [3.8, 4) is 0 Å². The van der Waals surface area contributed by atoms with Crippen LogP contribution in [0.1, 0.15) is 0 Å². The normalized spacial score (nSPS) is 34.3. The number of nitrogens with zero attached hydrogens (tertiary/aromatic N) is 1. The van der Waals surface area contributed by atoms with Gasteiger partial charge in [-0.1, -0.05) is 0 Å². The van der Waals surface area contributed by atoms with Crippen LogP contribution < -0.4 is 0 Å². The molecule has 0 aromatic heterocycles. The Morgan fingerprint density at radius 1 is 1.86 bits per heavy atom. The average Bonchev–Trinajstić information content (AvgIpc) is 1.87. The summed E-state index contributed by atoms with van der Waals surface area (Å²) in [5.74, 6) is 0.848. The molecule has 0 radical (unpaired) electrons. The van der Waals surface area contributed by atoms with Crippen molar-refractivity contribution in [3.63, 3.8) is 0 Å². The van der Waals surface area contributed by atoms with Crippen molar-refractivity contribution in [3.05, 3.63) is 0 Å². The van der Waals surface area contributed by atoms with E-state index in [1.165, 1.54) is 11.8 Å². The second-order valence-electron chi connectivity index (χ2n) is 1.74. The molecule has 3 heteroatoms. The van der Waals surface area contributed by atoms with Gasteiger partial charge in [0.25, 0.3) is 0 Å². The summed E-state index contributed by atoms with van der Waals surface area (Å²) >= 11 is 1.36. The standard InChI is InChI=1S/C4H8FNS/c1-6-2-4(5)7-3-6/h4H,2-3H2,1H3/t4-/m1/s1. The fourth-order valence-electron chi connectivity index (χ4n) is 0.559. The zero-order valence-corrected chi connectivity index (χ0v) is 5.04. The van der Waals surface area contributed by atoms with Gasteiger partial charge in [-0.25, -0.2) is 4.39 Å². The van der Waals surface area contributed by atoms with Crippen LogP contribution in [-0.4, -0.2) is 29.9 Å². The summed E-state index contributed by atoms with van der Waals surface area (Å²) in [5, 5.41) is 0. The summed E-state index contributed by atoms with van der Waals surface area (Å²) < 4.78 is 12.1. The molecule has 42 valence electrons. The Hall–Kier alpha value is 0.240. The van der Waals surface area contributed by atoms with Crippen molar-refractivity contribution in [2.24, 2.45) is 0 Å². The van der Waals surface area contributed by atoms with Crippen LogP contribution in [0.2, 0.25) is 0 Å². The van der Waals surface area contributed by atoms with E-state index in [4.69, 9.17) is 0 Å². The van der Waals surface area contributed by atoms with E-state index in [2.05, 4.69) is 0 Å². The highest BCUT2D eigenvalue weighted by molar-refractivity contribution is 7.99. The molecular weight excluding hydrogens is 113 g/mol. The predicted molar refractivity (Wildman–Crippen MR) is 30.0 cm³/mol. The summed E-state index contributed by atoms with van der Waals surface area (Å²) in [5.41, 5.74) is -0.634. The molecule has 0 unspecified atom stereocenters. The van der Waals surface area contributed by atoms with E-state index in [0.717, 1.165) is 5.88 Å². The second-order valence-corrected chi connectivity index (χ2v) is 2.85. The topological polar surface area (TPSA) is 3.24 Å². The molecule has 1 nitrogen and oxygen atoms in total. The van der Waals surface area contributed by atoms with E-state index in [0.29, 0.717) is 6.54 Å². The summed E-state index contributed by atoms with van der Waals surface area (Å²) in [7, 11) is 1.92. The third kappa shape index (κ3) is 1.31. The molecule has 1 heterocycles. The van der Waals surface area contributed by atoms with Gasteiger partial charge in [-0.2, -0.15) is 0 Å². The lowest BCUT2D eigenvalue weighted by molar-refractivity contribution is 0.339. The van der Waals surface area contributed by atoms with Gasteiger partial charge in [-0.3, -0.25) is 4.90 Å². The number of halogens is 1. The highest BCUT2D eigenvalue weighted by Crippen LogP contribution is 2.20. The molecule has 1 aliphatic rings. The third-order valence-corrected chi connectivity index (χ3v) is 2.03. The summed E-state index contributed by atoms with van der Waals surface area (Å²) in [6, 6.07) is 0. The molecule has 7 heavy (non-hydrogen) atoms. The number of alkyl halides is 1. The lowest BCUT2D eigenvalue weighted by Crippen LogP contribution is -2.13. The Morgan fingerprint density at radius 2 is 2.57 bits per heavy atom. The monoisotopic (exact) mass is 121 g/mol. The first-order valence-electron chi connectivity index (χ1n) is 2.23. The highest BCUT2D eigenvalue weighted by atomic mass is 32.2. The molecule has 1 saturated heterocycles. The Kier molecular flexibility index (Phi) is 1.54. The van der Waals surface area contributed by atoms with Crippen LogP contribution in [0.4, 0.5) is 4.39 Å². The van der Waals surface area contributed by atoms with Gasteiger partial charge in [-0.05, 0) is 7.05 Å². The average molecular weight is 121 g/mol. The Labute approximate surface area is 46.9 Å². The van der Waals surface area contributed by atoms with Crippen LogP contribution in [0.15, 0.2) is 0 Å². The Bertz CT molecular complexity index is 60.7. The molecule has 0 aliphatic carbocycles.